The highest BCUT2D eigenvalue weighted by Crippen LogP contribution is 2.37. The standard InChI is InChI=1S/C21H27F3O4/c1-6-27-19(25)18(20(26)28-7-2)17(12-13(3)4)14(5)15-8-10-16(11-9-15)21(22,23)24/h8-11,14,17-18H,3,6-7,12H2,1-2,4-5H3/t14-,17+/m1/s1. The quantitative estimate of drug-likeness (QED) is 0.327. The summed E-state index contributed by atoms with van der Waals surface area (Å²) in [6.45, 7) is 10.9. The molecule has 0 heterocycles. The van der Waals surface area contributed by atoms with E-state index >= 15 is 0 Å². The molecule has 0 aliphatic carbocycles. The van der Waals surface area contributed by atoms with E-state index in [1.54, 1.807) is 27.7 Å². The lowest BCUT2D eigenvalue weighted by Gasteiger charge is -2.30. The van der Waals surface area contributed by atoms with Crippen LogP contribution in [0, 0.1) is 11.8 Å². The molecule has 1 aromatic rings. The van der Waals surface area contributed by atoms with Gasteiger partial charge in [-0.1, -0.05) is 24.6 Å². The van der Waals surface area contributed by atoms with Crippen LogP contribution in [-0.4, -0.2) is 25.2 Å². The third-order valence-corrected chi connectivity index (χ3v) is 4.50. The van der Waals surface area contributed by atoms with Crippen molar-refractivity contribution in [2.45, 2.75) is 46.2 Å². The summed E-state index contributed by atoms with van der Waals surface area (Å²) < 4.78 is 48.6. The van der Waals surface area contributed by atoms with Gasteiger partial charge in [-0.3, -0.25) is 9.59 Å². The predicted molar refractivity (Wildman–Crippen MR) is 99.5 cm³/mol. The fraction of sp³-hybridized carbons (Fsp3) is 0.524. The Morgan fingerprint density at radius 3 is 1.86 bits per heavy atom. The molecule has 7 heteroatoms. The molecule has 28 heavy (non-hydrogen) atoms. The first kappa shape index (κ1) is 23.7. The summed E-state index contributed by atoms with van der Waals surface area (Å²) >= 11 is 0. The summed E-state index contributed by atoms with van der Waals surface area (Å²) in [5.74, 6) is -3.56. The SMILES string of the molecule is C=C(C)C[C@H](C(C(=O)OCC)C(=O)OCC)[C@H](C)c1ccc(C(F)(F)F)cc1. The maximum absolute atomic E-state index is 12.8. The van der Waals surface area contributed by atoms with Crippen LogP contribution in [0.1, 0.15) is 51.2 Å². The summed E-state index contributed by atoms with van der Waals surface area (Å²) in [5.41, 5.74) is 0.562. The average Bonchev–Trinajstić information content (AvgIpc) is 2.60. The number of rotatable bonds is 9. The van der Waals surface area contributed by atoms with Crippen LogP contribution >= 0.6 is 0 Å². The van der Waals surface area contributed by atoms with Crippen LogP contribution in [0.4, 0.5) is 13.2 Å². The normalized spacial score (nSPS) is 13.7. The molecule has 0 aliphatic rings. The van der Waals surface area contributed by atoms with Crippen LogP contribution in [-0.2, 0) is 25.2 Å². The molecular formula is C21H27F3O4. The van der Waals surface area contributed by atoms with Crippen molar-refractivity contribution < 1.29 is 32.2 Å². The van der Waals surface area contributed by atoms with Crippen molar-refractivity contribution in [1.82, 2.24) is 0 Å². The Labute approximate surface area is 163 Å². The van der Waals surface area contributed by atoms with Crippen LogP contribution in [0.5, 0.6) is 0 Å². The van der Waals surface area contributed by atoms with E-state index in [0.29, 0.717) is 12.0 Å². The van der Waals surface area contributed by atoms with Crippen LogP contribution in [0.25, 0.3) is 0 Å². The van der Waals surface area contributed by atoms with E-state index in [9.17, 15) is 22.8 Å². The van der Waals surface area contributed by atoms with Gasteiger partial charge in [-0.2, -0.15) is 13.2 Å². The highest BCUT2D eigenvalue weighted by Gasteiger charge is 2.40. The van der Waals surface area contributed by atoms with Gasteiger partial charge >= 0.3 is 18.1 Å². The van der Waals surface area contributed by atoms with Crippen molar-refractivity contribution in [2.24, 2.45) is 11.8 Å². The number of alkyl halides is 3. The molecule has 0 amide bonds. The highest BCUT2D eigenvalue weighted by molar-refractivity contribution is 5.95. The number of halogens is 3. The van der Waals surface area contributed by atoms with E-state index < -0.39 is 41.4 Å². The Morgan fingerprint density at radius 1 is 1.04 bits per heavy atom. The van der Waals surface area contributed by atoms with Crippen molar-refractivity contribution in [1.29, 1.82) is 0 Å². The maximum atomic E-state index is 12.8. The van der Waals surface area contributed by atoms with E-state index in [2.05, 4.69) is 6.58 Å². The minimum atomic E-state index is -4.43. The number of allylic oxidation sites excluding steroid dienone is 1. The number of hydrogen-bond acceptors (Lipinski definition) is 4. The monoisotopic (exact) mass is 400 g/mol. The summed E-state index contributed by atoms with van der Waals surface area (Å²) in [5, 5.41) is 0. The van der Waals surface area contributed by atoms with Crippen molar-refractivity contribution >= 4 is 11.9 Å². The Balaban J connectivity index is 3.29. The van der Waals surface area contributed by atoms with Crippen molar-refractivity contribution in [3.05, 3.63) is 47.5 Å². The number of hydrogen-bond donors (Lipinski definition) is 0. The summed E-state index contributed by atoms with van der Waals surface area (Å²) in [6, 6.07) is 4.72. The zero-order valence-corrected chi connectivity index (χ0v) is 16.6. The fourth-order valence-electron chi connectivity index (χ4n) is 3.12. The molecule has 0 bridgehead atoms. The van der Waals surface area contributed by atoms with Crippen LogP contribution in [0.2, 0.25) is 0 Å². The zero-order valence-electron chi connectivity index (χ0n) is 16.6. The van der Waals surface area contributed by atoms with E-state index in [4.69, 9.17) is 9.47 Å². The number of benzene rings is 1. The first-order chi connectivity index (χ1) is 13.0. The minimum absolute atomic E-state index is 0.100. The molecule has 0 saturated carbocycles. The molecule has 1 aromatic carbocycles. The van der Waals surface area contributed by atoms with Gasteiger partial charge < -0.3 is 9.47 Å². The van der Waals surface area contributed by atoms with Gasteiger partial charge in [0.25, 0.3) is 0 Å². The number of esters is 2. The smallest absolute Gasteiger partial charge is 0.416 e. The van der Waals surface area contributed by atoms with Gasteiger partial charge in [0.2, 0.25) is 0 Å². The molecule has 0 spiro atoms. The molecule has 0 radical (unpaired) electrons. The highest BCUT2D eigenvalue weighted by atomic mass is 19.4. The number of carbonyl (C=O) groups is 2. The Morgan fingerprint density at radius 2 is 1.50 bits per heavy atom. The topological polar surface area (TPSA) is 52.6 Å². The lowest BCUT2D eigenvalue weighted by atomic mass is 9.75. The van der Waals surface area contributed by atoms with Gasteiger partial charge in [0.1, 0.15) is 0 Å². The van der Waals surface area contributed by atoms with E-state index in [1.165, 1.54) is 12.1 Å². The molecule has 0 aromatic heterocycles. The van der Waals surface area contributed by atoms with Crippen molar-refractivity contribution in [2.75, 3.05) is 13.2 Å². The molecule has 0 fully saturated rings. The molecule has 0 aliphatic heterocycles. The first-order valence-corrected chi connectivity index (χ1v) is 9.17. The molecule has 4 nitrogen and oxygen atoms in total. The fourth-order valence-corrected chi connectivity index (χ4v) is 3.12. The summed E-state index contributed by atoms with van der Waals surface area (Å²) in [4.78, 5) is 25.0. The van der Waals surface area contributed by atoms with Crippen molar-refractivity contribution in [3.8, 4) is 0 Å². The molecular weight excluding hydrogens is 373 g/mol. The average molecular weight is 400 g/mol. The third kappa shape index (κ3) is 6.39. The van der Waals surface area contributed by atoms with Crippen LogP contribution < -0.4 is 0 Å². The first-order valence-electron chi connectivity index (χ1n) is 9.17. The van der Waals surface area contributed by atoms with Gasteiger partial charge in [0, 0.05) is 0 Å². The Hall–Kier alpha value is -2.31. The van der Waals surface area contributed by atoms with Gasteiger partial charge in [-0.15, -0.1) is 6.58 Å². The summed E-state index contributed by atoms with van der Waals surface area (Å²) in [6.07, 6.45) is -4.11. The number of ether oxygens (including phenoxy) is 2. The largest absolute Gasteiger partial charge is 0.465 e. The molecule has 0 N–H and O–H groups in total. The maximum Gasteiger partial charge on any atom is 0.416 e. The molecule has 0 saturated heterocycles. The van der Waals surface area contributed by atoms with E-state index in [1.807, 2.05) is 0 Å². The predicted octanol–water partition coefficient (Wildman–Crippen LogP) is 5.13. The third-order valence-electron chi connectivity index (χ3n) is 4.50. The van der Waals surface area contributed by atoms with Crippen LogP contribution in [0.3, 0.4) is 0 Å². The molecule has 2 atom stereocenters. The number of carbonyl (C=O) groups excluding carboxylic acids is 2. The lowest BCUT2D eigenvalue weighted by Crippen LogP contribution is -2.37. The van der Waals surface area contributed by atoms with Gasteiger partial charge in [0.05, 0.1) is 18.8 Å². The second-order valence-corrected chi connectivity index (χ2v) is 6.72. The van der Waals surface area contributed by atoms with Gasteiger partial charge in [-0.25, -0.2) is 0 Å². The van der Waals surface area contributed by atoms with Gasteiger partial charge in [-0.05, 0) is 56.7 Å². The lowest BCUT2D eigenvalue weighted by molar-refractivity contribution is -0.164. The van der Waals surface area contributed by atoms with Crippen molar-refractivity contribution in [3.63, 3.8) is 0 Å². The van der Waals surface area contributed by atoms with Gasteiger partial charge in [0.15, 0.2) is 5.92 Å². The molecule has 156 valence electrons. The van der Waals surface area contributed by atoms with Crippen LogP contribution in [0.15, 0.2) is 36.4 Å². The van der Waals surface area contributed by atoms with E-state index in [-0.39, 0.29) is 13.2 Å². The minimum Gasteiger partial charge on any atom is -0.465 e. The van der Waals surface area contributed by atoms with E-state index in [0.717, 1.165) is 17.7 Å². The molecule has 1 rings (SSSR count). The Bertz CT molecular complexity index is 662. The zero-order chi connectivity index (χ0) is 21.5. The Kier molecular flexibility index (Phi) is 8.72. The second-order valence-electron chi connectivity index (χ2n) is 6.72. The molecule has 0 unspecified atom stereocenters. The summed E-state index contributed by atoms with van der Waals surface area (Å²) in [7, 11) is 0. The second kappa shape index (κ2) is 10.3.